The van der Waals surface area contributed by atoms with Crippen molar-refractivity contribution in [1.29, 1.82) is 0 Å². The van der Waals surface area contributed by atoms with Crippen LogP contribution in [0.3, 0.4) is 0 Å². The summed E-state index contributed by atoms with van der Waals surface area (Å²) in [6, 6.07) is 6.04. The molecule has 0 saturated heterocycles. The molecule has 0 bridgehead atoms. The SMILES string of the molecule is Cc1cc(C)c(C(=O)NCc2cc(C)oc2C)c(C)c1. The summed E-state index contributed by atoms with van der Waals surface area (Å²) in [5.41, 5.74) is 5.00. The average Bonchev–Trinajstić information content (AvgIpc) is 2.63. The van der Waals surface area contributed by atoms with Crippen molar-refractivity contribution < 1.29 is 9.21 Å². The number of hydrogen-bond donors (Lipinski definition) is 1. The number of rotatable bonds is 3. The monoisotopic (exact) mass is 271 g/mol. The van der Waals surface area contributed by atoms with Gasteiger partial charge < -0.3 is 9.73 Å². The maximum Gasteiger partial charge on any atom is 0.252 e. The Morgan fingerprint density at radius 1 is 1.05 bits per heavy atom. The van der Waals surface area contributed by atoms with Crippen LogP contribution in [0.2, 0.25) is 0 Å². The van der Waals surface area contributed by atoms with Gasteiger partial charge in [-0.2, -0.15) is 0 Å². The van der Waals surface area contributed by atoms with Crippen molar-refractivity contribution in [2.45, 2.75) is 41.2 Å². The van der Waals surface area contributed by atoms with Crippen LogP contribution in [-0.2, 0) is 6.54 Å². The van der Waals surface area contributed by atoms with Crippen LogP contribution in [0.15, 0.2) is 22.6 Å². The molecule has 1 heterocycles. The average molecular weight is 271 g/mol. The van der Waals surface area contributed by atoms with Crippen molar-refractivity contribution in [3.8, 4) is 0 Å². The number of nitrogens with one attached hydrogen (secondary N) is 1. The Balaban J connectivity index is 2.15. The fourth-order valence-electron chi connectivity index (χ4n) is 2.66. The van der Waals surface area contributed by atoms with Gasteiger partial charge in [0.2, 0.25) is 0 Å². The van der Waals surface area contributed by atoms with Gasteiger partial charge in [-0.15, -0.1) is 0 Å². The van der Waals surface area contributed by atoms with Crippen LogP contribution in [0.25, 0.3) is 0 Å². The summed E-state index contributed by atoms with van der Waals surface area (Å²) in [5.74, 6) is 1.70. The standard InChI is InChI=1S/C17H21NO2/c1-10-6-11(2)16(12(3)7-10)17(19)18-9-15-8-13(4)20-14(15)5/h6-8H,9H2,1-5H3,(H,18,19). The summed E-state index contributed by atoms with van der Waals surface area (Å²) in [6.45, 7) is 10.3. The normalized spacial score (nSPS) is 10.7. The van der Waals surface area contributed by atoms with Crippen LogP contribution in [0.4, 0.5) is 0 Å². The van der Waals surface area contributed by atoms with Crippen LogP contribution in [0, 0.1) is 34.6 Å². The molecule has 0 aliphatic carbocycles. The summed E-state index contributed by atoms with van der Waals surface area (Å²) >= 11 is 0. The number of hydrogen-bond acceptors (Lipinski definition) is 2. The molecule has 1 aromatic heterocycles. The van der Waals surface area contributed by atoms with Crippen molar-refractivity contribution in [1.82, 2.24) is 5.32 Å². The smallest absolute Gasteiger partial charge is 0.252 e. The van der Waals surface area contributed by atoms with E-state index in [-0.39, 0.29) is 5.91 Å². The van der Waals surface area contributed by atoms with E-state index >= 15 is 0 Å². The first-order valence-electron chi connectivity index (χ1n) is 6.80. The van der Waals surface area contributed by atoms with Crippen LogP contribution < -0.4 is 5.32 Å². The summed E-state index contributed by atoms with van der Waals surface area (Å²) < 4.78 is 5.46. The fraction of sp³-hybridized carbons (Fsp3) is 0.353. The molecule has 0 spiro atoms. The number of aryl methyl sites for hydroxylation is 5. The number of carbonyl (C=O) groups is 1. The molecule has 1 N–H and O–H groups in total. The van der Waals surface area contributed by atoms with E-state index < -0.39 is 0 Å². The quantitative estimate of drug-likeness (QED) is 0.923. The van der Waals surface area contributed by atoms with Gasteiger partial charge in [-0.1, -0.05) is 17.7 Å². The molecule has 20 heavy (non-hydrogen) atoms. The maximum absolute atomic E-state index is 12.3. The molecular weight excluding hydrogens is 250 g/mol. The van der Waals surface area contributed by atoms with Gasteiger partial charge in [0, 0.05) is 17.7 Å². The van der Waals surface area contributed by atoms with Crippen LogP contribution >= 0.6 is 0 Å². The minimum Gasteiger partial charge on any atom is -0.466 e. The molecule has 1 aromatic carbocycles. The maximum atomic E-state index is 12.3. The zero-order valence-corrected chi connectivity index (χ0v) is 12.8. The van der Waals surface area contributed by atoms with E-state index in [9.17, 15) is 4.79 Å². The third kappa shape index (κ3) is 2.93. The summed E-state index contributed by atoms with van der Waals surface area (Å²) in [5, 5.41) is 2.97. The zero-order chi connectivity index (χ0) is 14.9. The lowest BCUT2D eigenvalue weighted by Crippen LogP contribution is -2.24. The second kappa shape index (κ2) is 5.53. The Kier molecular flexibility index (Phi) is 3.98. The Labute approximate surface area is 120 Å². The molecule has 0 saturated carbocycles. The highest BCUT2D eigenvalue weighted by Crippen LogP contribution is 2.17. The minimum atomic E-state index is -0.0294. The third-order valence-electron chi connectivity index (χ3n) is 3.49. The summed E-state index contributed by atoms with van der Waals surface area (Å²) in [7, 11) is 0. The van der Waals surface area contributed by atoms with Crippen LogP contribution in [0.5, 0.6) is 0 Å². The highest BCUT2D eigenvalue weighted by molar-refractivity contribution is 5.97. The Morgan fingerprint density at radius 3 is 2.15 bits per heavy atom. The topological polar surface area (TPSA) is 42.2 Å². The Hall–Kier alpha value is -2.03. The third-order valence-corrected chi connectivity index (χ3v) is 3.49. The molecule has 0 aliphatic heterocycles. The van der Waals surface area contributed by atoms with Gasteiger partial charge >= 0.3 is 0 Å². The predicted molar refractivity (Wildman–Crippen MR) is 80.0 cm³/mol. The van der Waals surface area contributed by atoms with Crippen molar-refractivity contribution in [2.24, 2.45) is 0 Å². The minimum absolute atomic E-state index is 0.0294. The van der Waals surface area contributed by atoms with E-state index in [4.69, 9.17) is 4.42 Å². The van der Waals surface area contributed by atoms with E-state index in [1.54, 1.807) is 0 Å². The molecule has 0 fully saturated rings. The zero-order valence-electron chi connectivity index (χ0n) is 12.8. The molecule has 1 amide bonds. The van der Waals surface area contributed by atoms with Crippen molar-refractivity contribution in [3.63, 3.8) is 0 Å². The molecule has 0 atom stereocenters. The lowest BCUT2D eigenvalue weighted by Gasteiger charge is -2.11. The van der Waals surface area contributed by atoms with Crippen LogP contribution in [0.1, 0.15) is 44.1 Å². The first-order chi connectivity index (χ1) is 9.38. The highest BCUT2D eigenvalue weighted by atomic mass is 16.3. The van der Waals surface area contributed by atoms with Gasteiger partial charge in [-0.3, -0.25) is 4.79 Å². The molecule has 0 unspecified atom stereocenters. The molecular formula is C17H21NO2. The van der Waals surface area contributed by atoms with Crippen molar-refractivity contribution >= 4 is 5.91 Å². The van der Waals surface area contributed by atoms with E-state index in [2.05, 4.69) is 5.32 Å². The van der Waals surface area contributed by atoms with E-state index in [0.717, 1.165) is 33.8 Å². The second-order valence-electron chi connectivity index (χ2n) is 5.39. The van der Waals surface area contributed by atoms with Gasteiger partial charge in [0.05, 0.1) is 0 Å². The molecule has 0 radical (unpaired) electrons. The van der Waals surface area contributed by atoms with E-state index in [1.807, 2.05) is 52.8 Å². The first kappa shape index (κ1) is 14.4. The van der Waals surface area contributed by atoms with E-state index in [1.165, 1.54) is 5.56 Å². The molecule has 0 aliphatic rings. The van der Waals surface area contributed by atoms with Gasteiger partial charge in [-0.25, -0.2) is 0 Å². The molecule has 3 heteroatoms. The number of carbonyl (C=O) groups excluding carboxylic acids is 1. The molecule has 2 rings (SSSR count). The first-order valence-corrected chi connectivity index (χ1v) is 6.80. The van der Waals surface area contributed by atoms with Gasteiger partial charge in [-0.05, 0) is 51.8 Å². The number of benzene rings is 1. The van der Waals surface area contributed by atoms with Gasteiger partial charge in [0.1, 0.15) is 11.5 Å². The highest BCUT2D eigenvalue weighted by Gasteiger charge is 2.13. The van der Waals surface area contributed by atoms with Gasteiger partial charge in [0.15, 0.2) is 0 Å². The largest absolute Gasteiger partial charge is 0.466 e. The van der Waals surface area contributed by atoms with Crippen molar-refractivity contribution in [2.75, 3.05) is 0 Å². The van der Waals surface area contributed by atoms with Gasteiger partial charge in [0.25, 0.3) is 5.91 Å². The lowest BCUT2D eigenvalue weighted by atomic mass is 9.99. The Bertz CT molecular complexity index is 630. The fourth-order valence-corrected chi connectivity index (χ4v) is 2.66. The van der Waals surface area contributed by atoms with E-state index in [0.29, 0.717) is 6.54 Å². The molecule has 3 nitrogen and oxygen atoms in total. The summed E-state index contributed by atoms with van der Waals surface area (Å²) in [6.07, 6.45) is 0. The number of amides is 1. The van der Waals surface area contributed by atoms with Crippen molar-refractivity contribution in [3.05, 3.63) is 57.5 Å². The Morgan fingerprint density at radius 2 is 1.65 bits per heavy atom. The second-order valence-corrected chi connectivity index (χ2v) is 5.39. The van der Waals surface area contributed by atoms with Crippen LogP contribution in [-0.4, -0.2) is 5.91 Å². The predicted octanol–water partition coefficient (Wildman–Crippen LogP) is 3.75. The molecule has 2 aromatic rings. The number of furan rings is 1. The molecule has 106 valence electrons. The summed E-state index contributed by atoms with van der Waals surface area (Å²) in [4.78, 5) is 12.3. The lowest BCUT2D eigenvalue weighted by molar-refractivity contribution is 0.0949.